The van der Waals surface area contributed by atoms with E-state index in [1.165, 1.54) is 31.2 Å². The van der Waals surface area contributed by atoms with Gasteiger partial charge in [0.15, 0.2) is 11.5 Å². The van der Waals surface area contributed by atoms with E-state index in [1.807, 2.05) is 6.07 Å². The molecule has 0 aromatic heterocycles. The lowest BCUT2D eigenvalue weighted by Crippen LogP contribution is -2.37. The number of rotatable bonds is 8. The molecular formula is C21H34N2O3. The van der Waals surface area contributed by atoms with Crippen molar-refractivity contribution in [3.63, 3.8) is 0 Å². The molecule has 0 spiro atoms. The fourth-order valence-corrected chi connectivity index (χ4v) is 4.11. The van der Waals surface area contributed by atoms with E-state index in [4.69, 9.17) is 9.47 Å². The maximum Gasteiger partial charge on any atom is 0.161 e. The third kappa shape index (κ3) is 4.90. The first-order valence-electron chi connectivity index (χ1n) is 9.93. The van der Waals surface area contributed by atoms with E-state index in [9.17, 15) is 5.11 Å². The molecule has 3 rings (SSSR count). The smallest absolute Gasteiger partial charge is 0.161 e. The lowest BCUT2D eigenvalue weighted by atomic mass is 10.0. The second kappa shape index (κ2) is 8.59. The van der Waals surface area contributed by atoms with Gasteiger partial charge < -0.3 is 19.5 Å². The normalized spacial score (nSPS) is 21.8. The van der Waals surface area contributed by atoms with Gasteiger partial charge >= 0.3 is 0 Å². The van der Waals surface area contributed by atoms with Gasteiger partial charge in [0.2, 0.25) is 0 Å². The van der Waals surface area contributed by atoms with Gasteiger partial charge in [0.1, 0.15) is 12.7 Å². The number of aliphatic hydroxyl groups excluding tert-OH is 1. The molecule has 26 heavy (non-hydrogen) atoms. The SMILES string of the molecule is COc1cc(CN2CCCC2(C)C)ccc1OC[C@@H](O)CN1CCCC1. The molecule has 2 saturated heterocycles. The first-order valence-corrected chi connectivity index (χ1v) is 9.93. The van der Waals surface area contributed by atoms with Crippen molar-refractivity contribution in [2.45, 2.75) is 57.7 Å². The topological polar surface area (TPSA) is 45.2 Å². The molecule has 0 aliphatic carbocycles. The number of nitrogens with zero attached hydrogens (tertiary/aromatic N) is 2. The number of hydrogen-bond donors (Lipinski definition) is 1. The van der Waals surface area contributed by atoms with Crippen LogP contribution in [-0.4, -0.2) is 66.4 Å². The van der Waals surface area contributed by atoms with Gasteiger partial charge in [0.25, 0.3) is 0 Å². The van der Waals surface area contributed by atoms with Crippen molar-refractivity contribution in [2.75, 3.05) is 39.9 Å². The summed E-state index contributed by atoms with van der Waals surface area (Å²) in [6.07, 6.45) is 4.51. The zero-order valence-corrected chi connectivity index (χ0v) is 16.5. The van der Waals surface area contributed by atoms with Crippen molar-refractivity contribution in [2.24, 2.45) is 0 Å². The third-order valence-electron chi connectivity index (χ3n) is 5.77. The zero-order chi connectivity index (χ0) is 18.6. The molecule has 1 N–H and O–H groups in total. The van der Waals surface area contributed by atoms with Gasteiger partial charge in [-0.1, -0.05) is 6.07 Å². The average molecular weight is 363 g/mol. The van der Waals surface area contributed by atoms with Gasteiger partial charge in [-0.15, -0.1) is 0 Å². The van der Waals surface area contributed by atoms with E-state index in [0.717, 1.165) is 31.9 Å². The summed E-state index contributed by atoms with van der Waals surface area (Å²) in [5.41, 5.74) is 1.50. The number of aliphatic hydroxyl groups is 1. The molecule has 1 aromatic rings. The molecule has 2 aliphatic heterocycles. The fourth-order valence-electron chi connectivity index (χ4n) is 4.11. The minimum absolute atomic E-state index is 0.266. The third-order valence-corrected chi connectivity index (χ3v) is 5.77. The van der Waals surface area contributed by atoms with Gasteiger partial charge in [0, 0.05) is 18.6 Å². The van der Waals surface area contributed by atoms with E-state index >= 15 is 0 Å². The quantitative estimate of drug-likeness (QED) is 0.770. The van der Waals surface area contributed by atoms with Crippen LogP contribution in [0.15, 0.2) is 18.2 Å². The summed E-state index contributed by atoms with van der Waals surface area (Å²) in [5.74, 6) is 1.45. The summed E-state index contributed by atoms with van der Waals surface area (Å²) in [7, 11) is 1.67. The number of likely N-dealkylation sites (tertiary alicyclic amines) is 2. The molecule has 0 bridgehead atoms. The lowest BCUT2D eigenvalue weighted by molar-refractivity contribution is 0.0746. The van der Waals surface area contributed by atoms with Crippen LogP contribution in [0.4, 0.5) is 0 Å². The Bertz CT molecular complexity index is 585. The van der Waals surface area contributed by atoms with Gasteiger partial charge in [0.05, 0.1) is 7.11 Å². The molecule has 1 aromatic carbocycles. The summed E-state index contributed by atoms with van der Waals surface area (Å²) in [6.45, 7) is 9.87. The van der Waals surface area contributed by atoms with Crippen LogP contribution >= 0.6 is 0 Å². The Morgan fingerprint density at radius 1 is 1.12 bits per heavy atom. The molecule has 0 amide bonds. The Morgan fingerprint density at radius 3 is 2.54 bits per heavy atom. The molecule has 146 valence electrons. The highest BCUT2D eigenvalue weighted by Gasteiger charge is 2.31. The van der Waals surface area contributed by atoms with E-state index < -0.39 is 6.10 Å². The monoisotopic (exact) mass is 362 g/mol. The fraction of sp³-hybridized carbons (Fsp3) is 0.714. The van der Waals surface area contributed by atoms with Gasteiger partial charge in [-0.2, -0.15) is 0 Å². The highest BCUT2D eigenvalue weighted by Crippen LogP contribution is 2.33. The van der Waals surface area contributed by atoms with E-state index in [0.29, 0.717) is 18.9 Å². The van der Waals surface area contributed by atoms with Crippen LogP contribution in [-0.2, 0) is 6.54 Å². The lowest BCUT2D eigenvalue weighted by Gasteiger charge is -2.31. The second-order valence-electron chi connectivity index (χ2n) is 8.30. The van der Waals surface area contributed by atoms with Crippen molar-refractivity contribution in [3.8, 4) is 11.5 Å². The van der Waals surface area contributed by atoms with E-state index in [2.05, 4.69) is 35.8 Å². The molecule has 2 aliphatic rings. The molecular weight excluding hydrogens is 328 g/mol. The number of ether oxygens (including phenoxy) is 2. The van der Waals surface area contributed by atoms with Gasteiger partial charge in [-0.05, 0) is 76.9 Å². The maximum atomic E-state index is 10.2. The van der Waals surface area contributed by atoms with Crippen LogP contribution < -0.4 is 9.47 Å². The van der Waals surface area contributed by atoms with E-state index in [-0.39, 0.29) is 5.54 Å². The summed E-state index contributed by atoms with van der Waals surface area (Å²) < 4.78 is 11.4. The molecule has 1 atom stereocenters. The van der Waals surface area contributed by atoms with Crippen LogP contribution in [0, 0.1) is 0 Å². The molecule has 0 radical (unpaired) electrons. The number of benzene rings is 1. The minimum Gasteiger partial charge on any atom is -0.493 e. The molecule has 0 unspecified atom stereocenters. The van der Waals surface area contributed by atoms with Crippen LogP contribution in [0.3, 0.4) is 0 Å². The molecule has 2 fully saturated rings. The minimum atomic E-state index is -0.470. The summed E-state index contributed by atoms with van der Waals surface area (Å²) in [5, 5.41) is 10.2. The number of methoxy groups -OCH3 is 1. The van der Waals surface area contributed by atoms with Crippen molar-refractivity contribution in [1.82, 2.24) is 9.80 Å². The van der Waals surface area contributed by atoms with Crippen molar-refractivity contribution < 1.29 is 14.6 Å². The molecule has 5 nitrogen and oxygen atoms in total. The first kappa shape index (κ1) is 19.5. The first-order chi connectivity index (χ1) is 12.5. The highest BCUT2D eigenvalue weighted by atomic mass is 16.5. The van der Waals surface area contributed by atoms with Crippen molar-refractivity contribution in [3.05, 3.63) is 23.8 Å². The van der Waals surface area contributed by atoms with Gasteiger partial charge in [-0.3, -0.25) is 4.90 Å². The Hall–Kier alpha value is -1.30. The van der Waals surface area contributed by atoms with E-state index in [1.54, 1.807) is 7.11 Å². The van der Waals surface area contributed by atoms with Crippen LogP contribution in [0.25, 0.3) is 0 Å². The predicted octanol–water partition coefficient (Wildman–Crippen LogP) is 2.91. The van der Waals surface area contributed by atoms with Crippen LogP contribution in [0.1, 0.15) is 45.1 Å². The summed E-state index contributed by atoms with van der Waals surface area (Å²) >= 11 is 0. The Morgan fingerprint density at radius 2 is 1.88 bits per heavy atom. The average Bonchev–Trinajstić information content (AvgIpc) is 3.23. The zero-order valence-electron chi connectivity index (χ0n) is 16.5. The van der Waals surface area contributed by atoms with Crippen LogP contribution in [0.5, 0.6) is 11.5 Å². The maximum absolute atomic E-state index is 10.2. The largest absolute Gasteiger partial charge is 0.493 e. The molecule has 2 heterocycles. The summed E-state index contributed by atoms with van der Waals surface area (Å²) in [6, 6.07) is 6.15. The standard InChI is InChI=1S/C21H34N2O3/c1-21(2)9-6-12-23(21)14-17-7-8-19(20(13-17)25-3)26-16-18(24)15-22-10-4-5-11-22/h7-8,13,18,24H,4-6,9-12,14-16H2,1-3H3/t18-/m0/s1. The van der Waals surface area contributed by atoms with Crippen molar-refractivity contribution in [1.29, 1.82) is 0 Å². The molecule has 0 saturated carbocycles. The Kier molecular flexibility index (Phi) is 6.43. The highest BCUT2D eigenvalue weighted by molar-refractivity contribution is 5.43. The second-order valence-corrected chi connectivity index (χ2v) is 8.30. The molecule has 5 heteroatoms. The number of hydrogen-bond acceptors (Lipinski definition) is 5. The van der Waals surface area contributed by atoms with Gasteiger partial charge in [-0.25, -0.2) is 0 Å². The Balaban J connectivity index is 1.56. The predicted molar refractivity (Wildman–Crippen MR) is 104 cm³/mol. The number of β-amino-alcohol motifs (C(OH)–C–C–N with tert-alkyl or cyclic N) is 1. The van der Waals surface area contributed by atoms with Crippen LogP contribution in [0.2, 0.25) is 0 Å². The van der Waals surface area contributed by atoms with Crippen molar-refractivity contribution >= 4 is 0 Å². The summed E-state index contributed by atoms with van der Waals surface area (Å²) in [4.78, 5) is 4.83. The Labute approximate surface area is 157 Å².